The van der Waals surface area contributed by atoms with Gasteiger partial charge >= 0.3 is 0 Å². The Hall–Kier alpha value is -1.10. The lowest BCUT2D eigenvalue weighted by atomic mass is 10.2. The van der Waals surface area contributed by atoms with Gasteiger partial charge in [0.1, 0.15) is 5.75 Å². The fraction of sp³-hybridized carbons (Fsp3) is 0.143. The van der Waals surface area contributed by atoms with Crippen LogP contribution < -0.4 is 10.1 Å². The lowest BCUT2D eigenvalue weighted by Gasteiger charge is -2.10. The van der Waals surface area contributed by atoms with Crippen LogP contribution in [0.15, 0.2) is 40.9 Å². The number of nitrogens with one attached hydrogen (secondary N) is 1. The first-order valence-corrected chi connectivity index (χ1v) is 6.83. The van der Waals surface area contributed by atoms with Crippen LogP contribution in [-0.2, 0) is 6.54 Å². The van der Waals surface area contributed by atoms with E-state index in [2.05, 4.69) is 21.2 Å². The Morgan fingerprint density at radius 3 is 2.58 bits per heavy atom. The maximum Gasteiger partial charge on any atom is 0.166 e. The Morgan fingerprint density at radius 1 is 1.21 bits per heavy atom. The van der Waals surface area contributed by atoms with Crippen molar-refractivity contribution >= 4 is 27.5 Å². The van der Waals surface area contributed by atoms with Crippen molar-refractivity contribution in [2.75, 3.05) is 7.05 Å². The average Bonchev–Trinajstić information content (AvgIpc) is 2.36. The number of rotatable bonds is 4. The number of hydrogen-bond donors (Lipinski definition) is 1. The normalized spacial score (nSPS) is 10.5. The van der Waals surface area contributed by atoms with Gasteiger partial charge in [-0.25, -0.2) is 4.39 Å². The summed E-state index contributed by atoms with van der Waals surface area (Å²) in [5.74, 6) is 0.308. The highest BCUT2D eigenvalue weighted by Crippen LogP contribution is 2.33. The molecule has 2 aromatic carbocycles. The molecule has 2 nitrogen and oxygen atoms in total. The summed E-state index contributed by atoms with van der Waals surface area (Å²) in [5, 5.41) is 3.55. The van der Waals surface area contributed by atoms with Gasteiger partial charge in [-0.15, -0.1) is 0 Å². The monoisotopic (exact) mass is 343 g/mol. The van der Waals surface area contributed by atoms with Crippen LogP contribution in [0, 0.1) is 5.82 Å². The lowest BCUT2D eigenvalue weighted by Crippen LogP contribution is -2.05. The molecule has 0 spiro atoms. The van der Waals surface area contributed by atoms with Crippen LogP contribution in [0.5, 0.6) is 11.5 Å². The summed E-state index contributed by atoms with van der Waals surface area (Å²) < 4.78 is 20.1. The van der Waals surface area contributed by atoms with Gasteiger partial charge in [-0.05, 0) is 58.9 Å². The highest BCUT2D eigenvalue weighted by atomic mass is 79.9. The number of ether oxygens (including phenoxy) is 1. The standard InChI is InChI=1S/C14H12BrClFNO/c1-18-8-9-2-4-14(12(17)6-9)19-13-5-3-10(16)7-11(13)15/h2-7,18H,8H2,1H3. The van der Waals surface area contributed by atoms with E-state index < -0.39 is 5.82 Å². The molecule has 0 aliphatic heterocycles. The van der Waals surface area contributed by atoms with Crippen LogP contribution in [0.1, 0.15) is 5.56 Å². The maximum atomic E-state index is 13.9. The molecule has 0 bridgehead atoms. The first-order chi connectivity index (χ1) is 9.10. The maximum absolute atomic E-state index is 13.9. The topological polar surface area (TPSA) is 21.3 Å². The Morgan fingerprint density at radius 2 is 1.95 bits per heavy atom. The molecule has 100 valence electrons. The van der Waals surface area contributed by atoms with Gasteiger partial charge in [0.2, 0.25) is 0 Å². The molecule has 0 radical (unpaired) electrons. The summed E-state index contributed by atoms with van der Waals surface area (Å²) in [6.07, 6.45) is 0. The zero-order valence-corrected chi connectivity index (χ0v) is 12.6. The molecule has 5 heteroatoms. The van der Waals surface area contributed by atoms with Gasteiger partial charge in [-0.1, -0.05) is 17.7 Å². The molecule has 2 aromatic rings. The van der Waals surface area contributed by atoms with Gasteiger partial charge in [0.25, 0.3) is 0 Å². The molecule has 0 saturated heterocycles. The molecular weight excluding hydrogens is 333 g/mol. The van der Waals surface area contributed by atoms with Crippen molar-refractivity contribution in [1.29, 1.82) is 0 Å². The summed E-state index contributed by atoms with van der Waals surface area (Å²) >= 11 is 9.17. The molecule has 0 fully saturated rings. The predicted octanol–water partition coefficient (Wildman–Crippen LogP) is 4.75. The minimum absolute atomic E-state index is 0.183. The van der Waals surface area contributed by atoms with E-state index in [1.165, 1.54) is 6.07 Å². The smallest absolute Gasteiger partial charge is 0.166 e. The van der Waals surface area contributed by atoms with Crippen LogP contribution >= 0.6 is 27.5 Å². The van der Waals surface area contributed by atoms with E-state index in [0.29, 0.717) is 21.8 Å². The molecule has 0 aliphatic carbocycles. The third kappa shape index (κ3) is 3.69. The summed E-state index contributed by atoms with van der Waals surface area (Å²) in [7, 11) is 1.81. The second-order valence-corrected chi connectivity index (χ2v) is 5.26. The molecule has 0 atom stereocenters. The number of hydrogen-bond acceptors (Lipinski definition) is 2. The summed E-state index contributed by atoms with van der Waals surface area (Å²) in [5.41, 5.74) is 0.863. The Bertz CT molecular complexity index is 592. The fourth-order valence-corrected chi connectivity index (χ4v) is 2.38. The predicted molar refractivity (Wildman–Crippen MR) is 78.4 cm³/mol. The zero-order chi connectivity index (χ0) is 13.8. The van der Waals surface area contributed by atoms with Crippen molar-refractivity contribution in [1.82, 2.24) is 5.32 Å². The Labute approximate surface area is 124 Å². The molecule has 19 heavy (non-hydrogen) atoms. The van der Waals surface area contributed by atoms with E-state index in [9.17, 15) is 4.39 Å². The van der Waals surface area contributed by atoms with Gasteiger partial charge in [-0.3, -0.25) is 0 Å². The molecule has 0 heterocycles. The summed E-state index contributed by atoms with van der Waals surface area (Å²) in [6, 6.07) is 9.96. The summed E-state index contributed by atoms with van der Waals surface area (Å²) in [4.78, 5) is 0. The molecule has 0 amide bonds. The van der Waals surface area contributed by atoms with Gasteiger partial charge in [-0.2, -0.15) is 0 Å². The highest BCUT2D eigenvalue weighted by molar-refractivity contribution is 9.10. The van der Waals surface area contributed by atoms with E-state index in [1.807, 2.05) is 13.1 Å². The van der Waals surface area contributed by atoms with Crippen LogP contribution in [-0.4, -0.2) is 7.05 Å². The van der Waals surface area contributed by atoms with E-state index in [-0.39, 0.29) is 5.75 Å². The molecule has 0 unspecified atom stereocenters. The fourth-order valence-electron chi connectivity index (χ4n) is 1.62. The van der Waals surface area contributed by atoms with Crippen LogP contribution in [0.4, 0.5) is 4.39 Å². The SMILES string of the molecule is CNCc1ccc(Oc2ccc(Cl)cc2Br)c(F)c1. The van der Waals surface area contributed by atoms with Crippen LogP contribution in [0.2, 0.25) is 5.02 Å². The summed E-state index contributed by atoms with van der Waals surface area (Å²) in [6.45, 7) is 0.613. The first-order valence-electron chi connectivity index (χ1n) is 5.66. The molecule has 2 rings (SSSR count). The minimum atomic E-state index is -0.394. The van der Waals surface area contributed by atoms with Gasteiger partial charge in [0, 0.05) is 11.6 Å². The van der Waals surface area contributed by atoms with E-state index in [0.717, 1.165) is 5.56 Å². The van der Waals surface area contributed by atoms with E-state index in [4.69, 9.17) is 16.3 Å². The second kappa shape index (κ2) is 6.37. The van der Waals surface area contributed by atoms with Crippen LogP contribution in [0.25, 0.3) is 0 Å². The minimum Gasteiger partial charge on any atom is -0.453 e. The van der Waals surface area contributed by atoms with Crippen molar-refractivity contribution in [2.45, 2.75) is 6.54 Å². The average molecular weight is 345 g/mol. The molecular formula is C14H12BrClFNO. The second-order valence-electron chi connectivity index (χ2n) is 3.97. The molecule has 0 aliphatic rings. The third-order valence-corrected chi connectivity index (χ3v) is 3.35. The number of benzene rings is 2. The van der Waals surface area contributed by atoms with Crippen molar-refractivity contribution in [3.8, 4) is 11.5 Å². The quantitative estimate of drug-likeness (QED) is 0.864. The van der Waals surface area contributed by atoms with Gasteiger partial charge < -0.3 is 10.1 Å². The van der Waals surface area contributed by atoms with Crippen molar-refractivity contribution in [3.05, 3.63) is 57.3 Å². The first kappa shape index (κ1) is 14.3. The lowest BCUT2D eigenvalue weighted by molar-refractivity contribution is 0.439. The molecule has 0 aromatic heterocycles. The van der Waals surface area contributed by atoms with Crippen molar-refractivity contribution in [3.63, 3.8) is 0 Å². The zero-order valence-electron chi connectivity index (χ0n) is 10.2. The number of halogens is 3. The molecule has 0 saturated carbocycles. The van der Waals surface area contributed by atoms with Crippen molar-refractivity contribution in [2.24, 2.45) is 0 Å². The van der Waals surface area contributed by atoms with Crippen molar-refractivity contribution < 1.29 is 9.13 Å². The van der Waals surface area contributed by atoms with E-state index >= 15 is 0 Å². The third-order valence-electron chi connectivity index (χ3n) is 2.49. The Kier molecular flexibility index (Phi) is 4.80. The van der Waals surface area contributed by atoms with Gasteiger partial charge in [0.15, 0.2) is 11.6 Å². The largest absolute Gasteiger partial charge is 0.453 e. The van der Waals surface area contributed by atoms with Crippen LogP contribution in [0.3, 0.4) is 0 Å². The van der Waals surface area contributed by atoms with E-state index in [1.54, 1.807) is 24.3 Å². The Balaban J connectivity index is 2.23. The highest BCUT2D eigenvalue weighted by Gasteiger charge is 2.08. The van der Waals surface area contributed by atoms with Gasteiger partial charge in [0.05, 0.1) is 4.47 Å². The molecule has 1 N–H and O–H groups in total.